The second-order valence-electron chi connectivity index (χ2n) is 9.53. The highest BCUT2D eigenvalue weighted by molar-refractivity contribution is 5.90. The molecule has 2 aromatic carbocycles. The van der Waals surface area contributed by atoms with E-state index in [1.54, 1.807) is 6.92 Å². The first kappa shape index (κ1) is 25.9. The van der Waals surface area contributed by atoms with Crippen molar-refractivity contribution in [3.05, 3.63) is 48.0 Å². The zero-order valence-electron chi connectivity index (χ0n) is 20.6. The SMILES string of the molecule is CC(=O)CCCCC[C@H](NC(=O)C1CCCCN1C)C(=O)NCCc1cccc2ccccc12. The van der Waals surface area contributed by atoms with Gasteiger partial charge in [0.15, 0.2) is 0 Å². The summed E-state index contributed by atoms with van der Waals surface area (Å²) in [6.45, 7) is 3.03. The molecule has 0 aromatic heterocycles. The number of likely N-dealkylation sites (N-methyl/N-ethyl adjacent to an activating group) is 1. The van der Waals surface area contributed by atoms with E-state index in [1.807, 2.05) is 25.2 Å². The summed E-state index contributed by atoms with van der Waals surface area (Å²) in [6.07, 6.45) is 7.36. The third-order valence-electron chi connectivity index (χ3n) is 6.80. The first-order chi connectivity index (χ1) is 16.5. The third kappa shape index (κ3) is 7.66. The number of piperidine rings is 1. The van der Waals surface area contributed by atoms with Crippen molar-refractivity contribution in [3.8, 4) is 0 Å². The molecule has 6 nitrogen and oxygen atoms in total. The van der Waals surface area contributed by atoms with Gasteiger partial charge < -0.3 is 15.4 Å². The number of nitrogens with zero attached hydrogens (tertiary/aromatic N) is 1. The van der Waals surface area contributed by atoms with Crippen molar-refractivity contribution in [3.63, 3.8) is 0 Å². The molecule has 34 heavy (non-hydrogen) atoms. The lowest BCUT2D eigenvalue weighted by Crippen LogP contribution is -2.54. The van der Waals surface area contributed by atoms with Crippen LogP contribution in [-0.4, -0.2) is 54.7 Å². The van der Waals surface area contributed by atoms with Crippen LogP contribution in [-0.2, 0) is 20.8 Å². The Labute approximate surface area is 203 Å². The van der Waals surface area contributed by atoms with Crippen LogP contribution in [0.25, 0.3) is 10.8 Å². The van der Waals surface area contributed by atoms with Crippen molar-refractivity contribution in [2.45, 2.75) is 76.8 Å². The number of ketones is 1. The van der Waals surface area contributed by atoms with Crippen LogP contribution >= 0.6 is 0 Å². The monoisotopic (exact) mass is 465 g/mol. The lowest BCUT2D eigenvalue weighted by atomic mass is 10.0. The quantitative estimate of drug-likeness (QED) is 0.464. The summed E-state index contributed by atoms with van der Waals surface area (Å²) in [5.74, 6) is 0.00937. The Bertz CT molecular complexity index is 969. The van der Waals surface area contributed by atoms with E-state index in [0.717, 1.165) is 51.5 Å². The Morgan fingerprint density at radius 3 is 2.62 bits per heavy atom. The van der Waals surface area contributed by atoms with Gasteiger partial charge in [0.25, 0.3) is 0 Å². The molecule has 0 aliphatic carbocycles. The van der Waals surface area contributed by atoms with Crippen molar-refractivity contribution in [2.75, 3.05) is 20.1 Å². The van der Waals surface area contributed by atoms with Crippen LogP contribution in [0.1, 0.15) is 63.9 Å². The van der Waals surface area contributed by atoms with Gasteiger partial charge in [0.2, 0.25) is 11.8 Å². The Morgan fingerprint density at radius 2 is 1.82 bits per heavy atom. The van der Waals surface area contributed by atoms with Crippen LogP contribution in [0, 0.1) is 0 Å². The number of amides is 2. The summed E-state index contributed by atoms with van der Waals surface area (Å²) >= 11 is 0. The fourth-order valence-corrected chi connectivity index (χ4v) is 4.80. The molecule has 0 spiro atoms. The molecule has 1 fully saturated rings. The van der Waals surface area contributed by atoms with E-state index in [0.29, 0.717) is 19.4 Å². The number of carbonyl (C=O) groups excluding carboxylic acids is 3. The maximum Gasteiger partial charge on any atom is 0.242 e. The largest absolute Gasteiger partial charge is 0.354 e. The summed E-state index contributed by atoms with van der Waals surface area (Å²) in [5, 5.41) is 8.49. The summed E-state index contributed by atoms with van der Waals surface area (Å²) in [4.78, 5) is 39.3. The Balaban J connectivity index is 1.57. The molecule has 2 N–H and O–H groups in total. The molecule has 184 valence electrons. The molecule has 1 aliphatic rings. The molecule has 3 rings (SSSR count). The number of hydrogen-bond acceptors (Lipinski definition) is 4. The van der Waals surface area contributed by atoms with Gasteiger partial charge in [0, 0.05) is 13.0 Å². The molecule has 0 bridgehead atoms. The maximum absolute atomic E-state index is 13.1. The zero-order chi connectivity index (χ0) is 24.3. The molecule has 2 amide bonds. The molecule has 0 saturated carbocycles. The van der Waals surface area contributed by atoms with Gasteiger partial charge in [-0.25, -0.2) is 0 Å². The highest BCUT2D eigenvalue weighted by Gasteiger charge is 2.29. The number of likely N-dealkylation sites (tertiary alicyclic amines) is 1. The fraction of sp³-hybridized carbons (Fsp3) is 0.536. The van der Waals surface area contributed by atoms with Crippen LogP contribution in [0.15, 0.2) is 42.5 Å². The zero-order valence-corrected chi connectivity index (χ0v) is 20.6. The van der Waals surface area contributed by atoms with Gasteiger partial charge in [0.05, 0.1) is 6.04 Å². The van der Waals surface area contributed by atoms with Gasteiger partial charge in [-0.15, -0.1) is 0 Å². The van der Waals surface area contributed by atoms with E-state index < -0.39 is 6.04 Å². The number of unbranched alkanes of at least 4 members (excludes halogenated alkanes) is 2. The normalized spacial score (nSPS) is 17.3. The summed E-state index contributed by atoms with van der Waals surface area (Å²) in [6, 6.07) is 13.8. The molecule has 2 atom stereocenters. The lowest BCUT2D eigenvalue weighted by Gasteiger charge is -2.32. The average Bonchev–Trinajstić information content (AvgIpc) is 2.83. The highest BCUT2D eigenvalue weighted by Crippen LogP contribution is 2.19. The topological polar surface area (TPSA) is 78.5 Å². The van der Waals surface area contributed by atoms with E-state index in [4.69, 9.17) is 0 Å². The number of nitrogens with one attached hydrogen (secondary N) is 2. The van der Waals surface area contributed by atoms with Crippen molar-refractivity contribution in [1.29, 1.82) is 0 Å². The van der Waals surface area contributed by atoms with E-state index in [2.05, 4.69) is 39.8 Å². The minimum atomic E-state index is -0.548. The minimum Gasteiger partial charge on any atom is -0.354 e. The van der Waals surface area contributed by atoms with Crippen molar-refractivity contribution >= 4 is 28.4 Å². The molecule has 1 unspecified atom stereocenters. The Morgan fingerprint density at radius 1 is 1.03 bits per heavy atom. The maximum atomic E-state index is 13.1. The van der Waals surface area contributed by atoms with Gasteiger partial charge in [-0.05, 0) is 69.0 Å². The van der Waals surface area contributed by atoms with E-state index >= 15 is 0 Å². The summed E-state index contributed by atoms with van der Waals surface area (Å²) in [5.41, 5.74) is 1.20. The van der Waals surface area contributed by atoms with E-state index in [9.17, 15) is 14.4 Å². The van der Waals surface area contributed by atoms with Crippen molar-refractivity contribution < 1.29 is 14.4 Å². The lowest BCUT2D eigenvalue weighted by molar-refractivity contribution is -0.132. The fourth-order valence-electron chi connectivity index (χ4n) is 4.80. The summed E-state index contributed by atoms with van der Waals surface area (Å²) in [7, 11) is 1.98. The molecule has 1 aliphatic heterocycles. The molecular weight excluding hydrogens is 426 g/mol. The second kappa shape index (κ2) is 13.2. The molecule has 6 heteroatoms. The number of fused-ring (bicyclic) bond motifs is 1. The average molecular weight is 466 g/mol. The van der Waals surface area contributed by atoms with Crippen LogP contribution in [0.3, 0.4) is 0 Å². The number of rotatable bonds is 12. The first-order valence-electron chi connectivity index (χ1n) is 12.7. The van der Waals surface area contributed by atoms with Gasteiger partial charge in [-0.2, -0.15) is 0 Å². The number of hydrogen-bond donors (Lipinski definition) is 2. The van der Waals surface area contributed by atoms with Crippen LogP contribution in [0.4, 0.5) is 0 Å². The predicted octanol–water partition coefficient (Wildman–Crippen LogP) is 4.01. The van der Waals surface area contributed by atoms with Gasteiger partial charge in [-0.3, -0.25) is 14.5 Å². The van der Waals surface area contributed by atoms with Gasteiger partial charge in [0.1, 0.15) is 11.8 Å². The third-order valence-corrected chi connectivity index (χ3v) is 6.80. The standard InChI is InChI=1S/C28H39N3O3/c1-21(32)11-4-3-5-16-25(30-28(34)26-17-8-9-20-31(26)2)27(33)29-19-18-23-14-10-13-22-12-6-7-15-24(22)23/h6-7,10,12-15,25-26H,3-5,8-9,11,16-20H2,1-2H3,(H,29,33)(H,30,34)/t25-,26?/m0/s1. The second-order valence-corrected chi connectivity index (χ2v) is 9.53. The summed E-state index contributed by atoms with van der Waals surface area (Å²) < 4.78 is 0. The number of Topliss-reactive ketones (excluding diaryl/α,β-unsaturated/α-hetero) is 1. The molecule has 1 heterocycles. The smallest absolute Gasteiger partial charge is 0.242 e. The Kier molecular flexibility index (Phi) is 10.1. The minimum absolute atomic E-state index is 0.0554. The van der Waals surface area contributed by atoms with E-state index in [1.165, 1.54) is 16.3 Å². The van der Waals surface area contributed by atoms with Crippen LogP contribution in [0.2, 0.25) is 0 Å². The Hall–Kier alpha value is -2.73. The van der Waals surface area contributed by atoms with Crippen LogP contribution < -0.4 is 10.6 Å². The first-order valence-corrected chi connectivity index (χ1v) is 12.7. The molecule has 0 radical (unpaired) electrons. The van der Waals surface area contributed by atoms with E-state index in [-0.39, 0.29) is 23.6 Å². The highest BCUT2D eigenvalue weighted by atomic mass is 16.2. The van der Waals surface area contributed by atoms with Gasteiger partial charge >= 0.3 is 0 Å². The van der Waals surface area contributed by atoms with Crippen molar-refractivity contribution in [2.24, 2.45) is 0 Å². The predicted molar refractivity (Wildman–Crippen MR) is 137 cm³/mol. The molecule has 2 aromatic rings. The van der Waals surface area contributed by atoms with Gasteiger partial charge in [-0.1, -0.05) is 61.7 Å². The molecular formula is C28H39N3O3. The number of carbonyl (C=O) groups is 3. The molecule has 1 saturated heterocycles. The van der Waals surface area contributed by atoms with Crippen molar-refractivity contribution in [1.82, 2.24) is 15.5 Å². The number of benzene rings is 2. The van der Waals surface area contributed by atoms with Crippen LogP contribution in [0.5, 0.6) is 0 Å².